The van der Waals surface area contributed by atoms with Crippen molar-refractivity contribution in [3.63, 3.8) is 0 Å². The number of H-pyrrole nitrogens is 1. The molecule has 1 aromatic heterocycles. The number of hydrogen-bond acceptors (Lipinski definition) is 3. The van der Waals surface area contributed by atoms with Crippen LogP contribution in [0.15, 0.2) is 89.7 Å². The van der Waals surface area contributed by atoms with Crippen LogP contribution in [0, 0.1) is 0 Å². The van der Waals surface area contributed by atoms with Crippen LogP contribution in [0.3, 0.4) is 0 Å². The van der Waals surface area contributed by atoms with Crippen LogP contribution in [0.5, 0.6) is 5.75 Å². The number of carbonyl (C=O) groups excluding carboxylic acids is 1. The number of benzene rings is 3. The molecular formula is C25H22N2O3. The van der Waals surface area contributed by atoms with E-state index in [4.69, 9.17) is 4.74 Å². The third-order valence-corrected chi connectivity index (χ3v) is 4.93. The minimum Gasteiger partial charge on any atom is -0.494 e. The average Bonchev–Trinajstić information content (AvgIpc) is 2.78. The first kappa shape index (κ1) is 19.5. The molecule has 0 bridgehead atoms. The minimum absolute atomic E-state index is 0.0839. The van der Waals surface area contributed by atoms with Crippen molar-refractivity contribution in [3.05, 3.63) is 112 Å². The van der Waals surface area contributed by atoms with Crippen LogP contribution in [0.25, 0.3) is 10.9 Å². The van der Waals surface area contributed by atoms with Gasteiger partial charge in [0.25, 0.3) is 11.5 Å². The van der Waals surface area contributed by atoms with Crippen molar-refractivity contribution in [3.8, 4) is 5.75 Å². The lowest BCUT2D eigenvalue weighted by Crippen LogP contribution is -2.33. The number of pyridine rings is 1. The Balaban J connectivity index is 1.69. The summed E-state index contributed by atoms with van der Waals surface area (Å²) in [7, 11) is 0. The Morgan fingerprint density at radius 1 is 0.933 bits per heavy atom. The molecule has 150 valence electrons. The molecule has 4 aromatic rings. The van der Waals surface area contributed by atoms with E-state index in [9.17, 15) is 9.59 Å². The summed E-state index contributed by atoms with van der Waals surface area (Å²) in [6.45, 7) is 2.52. The molecule has 0 fully saturated rings. The van der Waals surface area contributed by atoms with Crippen LogP contribution in [0.4, 0.5) is 0 Å². The number of aromatic amines is 1. The van der Waals surface area contributed by atoms with Gasteiger partial charge >= 0.3 is 0 Å². The van der Waals surface area contributed by atoms with Crippen LogP contribution in [0.2, 0.25) is 0 Å². The van der Waals surface area contributed by atoms with Crippen molar-refractivity contribution in [2.45, 2.75) is 13.0 Å². The molecule has 30 heavy (non-hydrogen) atoms. The summed E-state index contributed by atoms with van der Waals surface area (Å²) in [4.78, 5) is 28.4. The molecule has 0 aliphatic rings. The molecule has 0 unspecified atom stereocenters. The molecule has 0 saturated carbocycles. The standard InChI is InChI=1S/C25H22N2O3/c1-2-30-20-14-12-18(13-15-20)23(17-8-4-3-5-9-17)27-25(29)21-16-19-10-6-7-11-22(19)26-24(21)28/h3-16,23H,2H2,1H3,(H,26,28)(H,27,29)/t23-/m1/s1. The van der Waals surface area contributed by atoms with Crippen LogP contribution in [-0.4, -0.2) is 17.5 Å². The summed E-state index contributed by atoms with van der Waals surface area (Å²) in [6, 6.07) is 25.9. The zero-order valence-corrected chi connectivity index (χ0v) is 16.6. The normalized spacial score (nSPS) is 11.8. The first-order chi connectivity index (χ1) is 14.7. The predicted octanol–water partition coefficient (Wildman–Crippen LogP) is 4.45. The van der Waals surface area contributed by atoms with Crippen LogP contribution >= 0.6 is 0 Å². The summed E-state index contributed by atoms with van der Waals surface area (Å²) < 4.78 is 5.52. The van der Waals surface area contributed by atoms with Gasteiger partial charge in [0, 0.05) is 5.52 Å². The third-order valence-electron chi connectivity index (χ3n) is 4.93. The molecule has 0 aliphatic heterocycles. The van der Waals surface area contributed by atoms with E-state index in [1.807, 2.05) is 85.8 Å². The van der Waals surface area contributed by atoms with E-state index in [0.29, 0.717) is 12.1 Å². The molecule has 0 saturated heterocycles. The van der Waals surface area contributed by atoms with E-state index in [1.165, 1.54) is 0 Å². The summed E-state index contributed by atoms with van der Waals surface area (Å²) in [5.41, 5.74) is 2.19. The number of amides is 1. The van der Waals surface area contributed by atoms with Crippen molar-refractivity contribution in [2.24, 2.45) is 0 Å². The summed E-state index contributed by atoms with van der Waals surface area (Å²) in [5.74, 6) is 0.343. The Labute approximate surface area is 174 Å². The number of fused-ring (bicyclic) bond motifs is 1. The highest BCUT2D eigenvalue weighted by atomic mass is 16.5. The fraction of sp³-hybridized carbons (Fsp3) is 0.120. The van der Waals surface area contributed by atoms with Crippen LogP contribution < -0.4 is 15.6 Å². The van der Waals surface area contributed by atoms with Gasteiger partial charge in [-0.3, -0.25) is 9.59 Å². The Bertz CT molecular complexity index is 1210. The lowest BCUT2D eigenvalue weighted by Gasteiger charge is -2.20. The molecule has 1 atom stereocenters. The monoisotopic (exact) mass is 398 g/mol. The summed E-state index contributed by atoms with van der Waals surface area (Å²) >= 11 is 0. The first-order valence-electron chi connectivity index (χ1n) is 9.86. The number of carbonyl (C=O) groups is 1. The number of nitrogens with one attached hydrogen (secondary N) is 2. The Kier molecular flexibility index (Phi) is 5.61. The Hall–Kier alpha value is -3.86. The largest absolute Gasteiger partial charge is 0.494 e. The maximum absolute atomic E-state index is 13.1. The number of para-hydroxylation sites is 1. The SMILES string of the molecule is CCOc1ccc([C@H](NC(=O)c2cc3ccccc3[nH]c2=O)c2ccccc2)cc1. The molecule has 1 amide bonds. The lowest BCUT2D eigenvalue weighted by atomic mass is 9.98. The minimum atomic E-state index is -0.426. The van der Waals surface area contributed by atoms with E-state index >= 15 is 0 Å². The maximum atomic E-state index is 13.1. The zero-order chi connectivity index (χ0) is 20.9. The highest BCUT2D eigenvalue weighted by Crippen LogP contribution is 2.25. The van der Waals surface area contributed by atoms with Gasteiger partial charge in [0.1, 0.15) is 11.3 Å². The molecule has 0 radical (unpaired) electrons. The molecule has 2 N–H and O–H groups in total. The summed E-state index contributed by atoms with van der Waals surface area (Å²) in [6.07, 6.45) is 0. The number of ether oxygens (including phenoxy) is 1. The zero-order valence-electron chi connectivity index (χ0n) is 16.6. The van der Waals surface area contributed by atoms with Gasteiger partial charge in [-0.25, -0.2) is 0 Å². The van der Waals surface area contributed by atoms with Crippen molar-refractivity contribution in [1.29, 1.82) is 0 Å². The van der Waals surface area contributed by atoms with E-state index < -0.39 is 17.5 Å². The van der Waals surface area contributed by atoms with Gasteiger partial charge in [0.2, 0.25) is 0 Å². The average molecular weight is 398 g/mol. The van der Waals surface area contributed by atoms with E-state index in [-0.39, 0.29) is 5.56 Å². The molecule has 4 rings (SSSR count). The molecule has 0 spiro atoms. The second-order valence-corrected chi connectivity index (χ2v) is 6.92. The molecular weight excluding hydrogens is 376 g/mol. The fourth-order valence-electron chi connectivity index (χ4n) is 3.45. The lowest BCUT2D eigenvalue weighted by molar-refractivity contribution is 0.0941. The molecule has 0 aliphatic carbocycles. The summed E-state index contributed by atoms with van der Waals surface area (Å²) in [5, 5.41) is 3.83. The first-order valence-corrected chi connectivity index (χ1v) is 9.86. The molecule has 1 heterocycles. The topological polar surface area (TPSA) is 71.2 Å². The quantitative estimate of drug-likeness (QED) is 0.504. The molecule has 5 nitrogen and oxygen atoms in total. The van der Waals surface area contributed by atoms with Gasteiger partial charge in [-0.2, -0.15) is 0 Å². The van der Waals surface area contributed by atoms with Gasteiger partial charge in [-0.1, -0.05) is 60.7 Å². The van der Waals surface area contributed by atoms with Crippen molar-refractivity contribution < 1.29 is 9.53 Å². The second-order valence-electron chi connectivity index (χ2n) is 6.92. The fourth-order valence-corrected chi connectivity index (χ4v) is 3.45. The van der Waals surface area contributed by atoms with Gasteiger partial charge in [0.05, 0.1) is 12.6 Å². The van der Waals surface area contributed by atoms with Gasteiger partial charge < -0.3 is 15.0 Å². The van der Waals surface area contributed by atoms with Crippen LogP contribution in [-0.2, 0) is 0 Å². The molecule has 3 aromatic carbocycles. The highest BCUT2D eigenvalue weighted by Gasteiger charge is 2.20. The van der Waals surface area contributed by atoms with Crippen molar-refractivity contribution in [1.82, 2.24) is 10.3 Å². The third kappa shape index (κ3) is 4.10. The van der Waals surface area contributed by atoms with E-state index in [0.717, 1.165) is 22.3 Å². The van der Waals surface area contributed by atoms with Gasteiger partial charge in [0.15, 0.2) is 0 Å². The predicted molar refractivity (Wildman–Crippen MR) is 118 cm³/mol. The highest BCUT2D eigenvalue weighted by molar-refractivity contribution is 5.97. The molecule has 5 heteroatoms. The van der Waals surface area contributed by atoms with Gasteiger partial charge in [-0.15, -0.1) is 0 Å². The Morgan fingerprint density at radius 3 is 2.33 bits per heavy atom. The number of hydrogen-bond donors (Lipinski definition) is 2. The maximum Gasteiger partial charge on any atom is 0.261 e. The van der Waals surface area contributed by atoms with Gasteiger partial charge in [-0.05, 0) is 47.7 Å². The van der Waals surface area contributed by atoms with Crippen molar-refractivity contribution in [2.75, 3.05) is 6.61 Å². The smallest absolute Gasteiger partial charge is 0.261 e. The van der Waals surface area contributed by atoms with Crippen molar-refractivity contribution >= 4 is 16.8 Å². The van der Waals surface area contributed by atoms with E-state index in [2.05, 4.69) is 10.3 Å². The number of aromatic nitrogens is 1. The van der Waals surface area contributed by atoms with Crippen LogP contribution in [0.1, 0.15) is 34.5 Å². The second kappa shape index (κ2) is 8.66. The number of rotatable bonds is 6. The van der Waals surface area contributed by atoms with E-state index in [1.54, 1.807) is 6.07 Å². The Morgan fingerprint density at radius 2 is 1.60 bits per heavy atom.